The number of hydrogen-bond acceptors (Lipinski definition) is 3. The van der Waals surface area contributed by atoms with Gasteiger partial charge >= 0.3 is 5.97 Å². The van der Waals surface area contributed by atoms with Crippen LogP contribution in [0.5, 0.6) is 0 Å². The minimum absolute atomic E-state index is 0.339. The SMILES string of the molecule is CCOC(=O)C(OC(C)(C)C)c1ccccc1. The van der Waals surface area contributed by atoms with Crippen LogP contribution in [0.25, 0.3) is 0 Å². The van der Waals surface area contributed by atoms with Crippen molar-refractivity contribution in [1.29, 1.82) is 0 Å². The summed E-state index contributed by atoms with van der Waals surface area (Å²) in [6.07, 6.45) is -0.656. The summed E-state index contributed by atoms with van der Waals surface area (Å²) >= 11 is 0. The molecular formula is C14H20O3. The van der Waals surface area contributed by atoms with E-state index in [9.17, 15) is 4.79 Å². The molecule has 0 heterocycles. The first-order valence-electron chi connectivity index (χ1n) is 5.83. The van der Waals surface area contributed by atoms with E-state index in [0.29, 0.717) is 6.61 Å². The van der Waals surface area contributed by atoms with Crippen molar-refractivity contribution >= 4 is 5.97 Å². The second-order valence-corrected chi connectivity index (χ2v) is 4.77. The molecule has 0 fully saturated rings. The van der Waals surface area contributed by atoms with Crippen molar-refractivity contribution in [3.05, 3.63) is 35.9 Å². The third kappa shape index (κ3) is 4.57. The molecule has 0 saturated carbocycles. The number of hydrogen-bond donors (Lipinski definition) is 0. The van der Waals surface area contributed by atoms with Gasteiger partial charge in [0.1, 0.15) is 0 Å². The second-order valence-electron chi connectivity index (χ2n) is 4.77. The van der Waals surface area contributed by atoms with Gasteiger partial charge in [0, 0.05) is 0 Å². The lowest BCUT2D eigenvalue weighted by Crippen LogP contribution is -2.28. The maximum absolute atomic E-state index is 11.9. The standard InChI is InChI=1S/C14H20O3/c1-5-16-13(15)12(17-14(2,3)4)11-9-7-6-8-10-11/h6-10,12H,5H2,1-4H3. The van der Waals surface area contributed by atoms with Gasteiger partial charge in [-0.05, 0) is 33.3 Å². The van der Waals surface area contributed by atoms with Crippen LogP contribution in [-0.4, -0.2) is 18.2 Å². The van der Waals surface area contributed by atoms with E-state index in [1.807, 2.05) is 51.1 Å². The molecule has 1 aromatic rings. The highest BCUT2D eigenvalue weighted by Gasteiger charge is 2.27. The zero-order valence-electron chi connectivity index (χ0n) is 10.9. The lowest BCUT2D eigenvalue weighted by atomic mass is 10.1. The zero-order chi connectivity index (χ0) is 12.9. The summed E-state index contributed by atoms with van der Waals surface area (Å²) in [6.45, 7) is 7.90. The minimum atomic E-state index is -0.656. The first kappa shape index (κ1) is 13.7. The predicted molar refractivity (Wildman–Crippen MR) is 66.7 cm³/mol. The lowest BCUT2D eigenvalue weighted by Gasteiger charge is -2.26. The van der Waals surface area contributed by atoms with Crippen molar-refractivity contribution < 1.29 is 14.3 Å². The molecule has 1 atom stereocenters. The Morgan fingerprint density at radius 2 is 1.82 bits per heavy atom. The maximum atomic E-state index is 11.9. The first-order valence-corrected chi connectivity index (χ1v) is 5.83. The van der Waals surface area contributed by atoms with Crippen LogP contribution < -0.4 is 0 Å². The molecule has 0 aromatic heterocycles. The summed E-state index contributed by atoms with van der Waals surface area (Å²) in [5, 5.41) is 0. The Kier molecular flexibility index (Phi) is 4.70. The third-order valence-corrected chi connectivity index (χ3v) is 2.07. The topological polar surface area (TPSA) is 35.5 Å². The average Bonchev–Trinajstić information content (AvgIpc) is 2.26. The van der Waals surface area contributed by atoms with Crippen molar-refractivity contribution in [2.24, 2.45) is 0 Å². The van der Waals surface area contributed by atoms with Crippen molar-refractivity contribution in [2.45, 2.75) is 39.4 Å². The van der Waals surface area contributed by atoms with Gasteiger partial charge in [-0.25, -0.2) is 4.79 Å². The monoisotopic (exact) mass is 236 g/mol. The predicted octanol–water partition coefficient (Wildman–Crippen LogP) is 3.11. The van der Waals surface area contributed by atoms with Crippen LogP contribution in [0, 0.1) is 0 Å². The fourth-order valence-corrected chi connectivity index (χ4v) is 1.45. The van der Waals surface area contributed by atoms with Gasteiger partial charge < -0.3 is 9.47 Å². The van der Waals surface area contributed by atoms with E-state index in [2.05, 4.69) is 0 Å². The number of benzene rings is 1. The van der Waals surface area contributed by atoms with E-state index in [4.69, 9.17) is 9.47 Å². The van der Waals surface area contributed by atoms with Crippen LogP contribution in [0.15, 0.2) is 30.3 Å². The largest absolute Gasteiger partial charge is 0.464 e. The van der Waals surface area contributed by atoms with Crippen molar-refractivity contribution in [3.8, 4) is 0 Å². The average molecular weight is 236 g/mol. The number of carbonyl (C=O) groups is 1. The Balaban J connectivity index is 2.91. The summed E-state index contributed by atoms with van der Waals surface area (Å²) in [7, 11) is 0. The Morgan fingerprint density at radius 1 is 1.24 bits per heavy atom. The number of carbonyl (C=O) groups excluding carboxylic acids is 1. The van der Waals surface area contributed by atoms with E-state index >= 15 is 0 Å². The van der Waals surface area contributed by atoms with Gasteiger partial charge in [0.2, 0.25) is 0 Å². The summed E-state index contributed by atoms with van der Waals surface area (Å²) in [4.78, 5) is 11.9. The lowest BCUT2D eigenvalue weighted by molar-refractivity contribution is -0.166. The summed E-state index contributed by atoms with van der Waals surface area (Å²) in [6, 6.07) is 9.41. The molecule has 0 bridgehead atoms. The van der Waals surface area contributed by atoms with Crippen LogP contribution in [-0.2, 0) is 14.3 Å². The van der Waals surface area contributed by atoms with Gasteiger partial charge in [-0.2, -0.15) is 0 Å². The van der Waals surface area contributed by atoms with Crippen LogP contribution in [0.1, 0.15) is 39.4 Å². The Bertz CT molecular complexity index is 351. The Morgan fingerprint density at radius 3 is 2.29 bits per heavy atom. The van der Waals surface area contributed by atoms with Gasteiger partial charge in [-0.1, -0.05) is 30.3 Å². The summed E-state index contributed by atoms with van der Waals surface area (Å²) in [5.41, 5.74) is 0.425. The number of rotatable bonds is 4. The molecule has 1 rings (SSSR count). The molecule has 0 radical (unpaired) electrons. The molecule has 0 aliphatic heterocycles. The van der Waals surface area contributed by atoms with E-state index < -0.39 is 11.7 Å². The molecule has 0 aliphatic carbocycles. The Labute approximate surface area is 103 Å². The van der Waals surface area contributed by atoms with Gasteiger partial charge in [0.05, 0.1) is 12.2 Å². The number of esters is 1. The van der Waals surface area contributed by atoms with Crippen LogP contribution in [0.4, 0.5) is 0 Å². The molecule has 1 unspecified atom stereocenters. The molecule has 0 N–H and O–H groups in total. The number of ether oxygens (including phenoxy) is 2. The zero-order valence-corrected chi connectivity index (χ0v) is 10.9. The molecule has 3 heteroatoms. The van der Waals surface area contributed by atoms with Gasteiger partial charge in [-0.3, -0.25) is 0 Å². The van der Waals surface area contributed by atoms with E-state index in [0.717, 1.165) is 5.56 Å². The minimum Gasteiger partial charge on any atom is -0.464 e. The van der Waals surface area contributed by atoms with Gasteiger partial charge in [-0.15, -0.1) is 0 Å². The molecule has 1 aromatic carbocycles. The third-order valence-electron chi connectivity index (χ3n) is 2.07. The second kappa shape index (κ2) is 5.82. The smallest absolute Gasteiger partial charge is 0.339 e. The molecule has 0 aliphatic rings. The van der Waals surface area contributed by atoms with E-state index in [1.54, 1.807) is 6.92 Å². The van der Waals surface area contributed by atoms with Crippen LogP contribution in [0.3, 0.4) is 0 Å². The normalized spacial score (nSPS) is 13.2. The molecule has 0 amide bonds. The van der Waals surface area contributed by atoms with Gasteiger partial charge in [0.15, 0.2) is 6.10 Å². The highest BCUT2D eigenvalue weighted by atomic mass is 16.6. The van der Waals surface area contributed by atoms with Crippen LogP contribution >= 0.6 is 0 Å². The molecule has 0 saturated heterocycles. The van der Waals surface area contributed by atoms with Crippen molar-refractivity contribution in [1.82, 2.24) is 0 Å². The highest BCUT2D eigenvalue weighted by molar-refractivity contribution is 5.76. The van der Waals surface area contributed by atoms with Gasteiger partial charge in [0.25, 0.3) is 0 Å². The maximum Gasteiger partial charge on any atom is 0.339 e. The van der Waals surface area contributed by atoms with Crippen molar-refractivity contribution in [2.75, 3.05) is 6.61 Å². The quantitative estimate of drug-likeness (QED) is 0.753. The van der Waals surface area contributed by atoms with E-state index in [1.165, 1.54) is 0 Å². The summed E-state index contributed by atoms with van der Waals surface area (Å²) < 4.78 is 10.8. The summed E-state index contributed by atoms with van der Waals surface area (Å²) in [5.74, 6) is -0.339. The molecule has 3 nitrogen and oxygen atoms in total. The first-order chi connectivity index (χ1) is 7.94. The fraction of sp³-hybridized carbons (Fsp3) is 0.500. The highest BCUT2D eigenvalue weighted by Crippen LogP contribution is 2.25. The molecule has 0 spiro atoms. The van der Waals surface area contributed by atoms with Crippen molar-refractivity contribution in [3.63, 3.8) is 0 Å². The molecule has 94 valence electrons. The molecule has 17 heavy (non-hydrogen) atoms. The fourth-order valence-electron chi connectivity index (χ4n) is 1.45. The Hall–Kier alpha value is -1.35. The van der Waals surface area contributed by atoms with Crippen LogP contribution in [0.2, 0.25) is 0 Å². The van der Waals surface area contributed by atoms with E-state index in [-0.39, 0.29) is 5.97 Å². The molecular weight excluding hydrogens is 216 g/mol.